The molecular weight excluding hydrogens is 405 g/mol. The van der Waals surface area contributed by atoms with Crippen LogP contribution in [0.15, 0.2) is 49.2 Å². The number of rotatable bonds is 4. The molecule has 12 heteroatoms. The van der Waals surface area contributed by atoms with Crippen molar-refractivity contribution in [1.82, 2.24) is 40.0 Å². The molecule has 1 aliphatic rings. The molecular formula is C19H16FN9O2. The number of aryl methyl sites for hydroxylation is 1. The number of hydrogen-bond donors (Lipinski definition) is 0. The van der Waals surface area contributed by atoms with Gasteiger partial charge in [0.2, 0.25) is 12.1 Å². The van der Waals surface area contributed by atoms with Gasteiger partial charge in [-0.05, 0) is 36.4 Å². The maximum Gasteiger partial charge on any atom is 0.416 e. The van der Waals surface area contributed by atoms with E-state index in [1.54, 1.807) is 38.2 Å². The van der Waals surface area contributed by atoms with Crippen LogP contribution in [0.3, 0.4) is 0 Å². The van der Waals surface area contributed by atoms with Crippen molar-refractivity contribution in [3.8, 4) is 22.6 Å². The largest absolute Gasteiger partial charge is 0.421 e. The predicted octanol–water partition coefficient (Wildman–Crippen LogP) is 2.21. The Kier molecular flexibility index (Phi) is 4.38. The molecule has 5 rings (SSSR count). The van der Waals surface area contributed by atoms with E-state index >= 15 is 0 Å². The Morgan fingerprint density at radius 1 is 1.19 bits per heavy atom. The van der Waals surface area contributed by atoms with Crippen LogP contribution in [0.5, 0.6) is 0 Å². The molecule has 11 nitrogen and oxygen atoms in total. The summed E-state index contributed by atoms with van der Waals surface area (Å²) >= 11 is 0. The molecule has 0 bridgehead atoms. The molecule has 0 radical (unpaired) electrons. The summed E-state index contributed by atoms with van der Waals surface area (Å²) < 4.78 is 21.8. The second-order valence-electron chi connectivity index (χ2n) is 6.96. The third-order valence-electron chi connectivity index (χ3n) is 4.98. The number of pyridine rings is 1. The number of tetrazole rings is 1. The fraction of sp³-hybridized carbons (Fsp3) is 0.211. The van der Waals surface area contributed by atoms with Crippen LogP contribution in [-0.4, -0.2) is 52.1 Å². The van der Waals surface area contributed by atoms with Gasteiger partial charge in [-0.25, -0.2) is 18.9 Å². The number of aromatic nitrogens is 8. The average molecular weight is 421 g/mol. The number of cyclic esters (lactones) is 1. The zero-order chi connectivity index (χ0) is 21.5. The normalized spacial score (nSPS) is 18.4. The van der Waals surface area contributed by atoms with Crippen molar-refractivity contribution >= 4 is 11.8 Å². The Labute approximate surface area is 175 Å². The summed E-state index contributed by atoms with van der Waals surface area (Å²) in [6.07, 6.45) is 3.13. The molecule has 4 heterocycles. The van der Waals surface area contributed by atoms with Crippen LogP contribution in [-0.2, 0) is 11.8 Å². The number of anilines is 1. The van der Waals surface area contributed by atoms with Crippen molar-refractivity contribution in [2.75, 3.05) is 4.90 Å². The quantitative estimate of drug-likeness (QED) is 0.492. The monoisotopic (exact) mass is 421 g/mol. The topological polar surface area (TPSA) is 117 Å². The molecule has 0 saturated carbocycles. The first-order valence-corrected chi connectivity index (χ1v) is 9.35. The number of hydrogen-bond acceptors (Lipinski definition) is 8. The molecule has 31 heavy (non-hydrogen) atoms. The van der Waals surface area contributed by atoms with Crippen LogP contribution in [0.25, 0.3) is 22.6 Å². The minimum absolute atomic E-state index is 0.350. The molecule has 0 N–H and O–H groups in total. The maximum absolute atomic E-state index is 15.0. The van der Waals surface area contributed by atoms with Crippen molar-refractivity contribution in [3.05, 3.63) is 55.0 Å². The van der Waals surface area contributed by atoms with Gasteiger partial charge in [0, 0.05) is 17.3 Å². The lowest BCUT2D eigenvalue weighted by Gasteiger charge is -2.21. The number of halogens is 1. The highest BCUT2D eigenvalue weighted by molar-refractivity contribution is 5.90. The van der Waals surface area contributed by atoms with E-state index in [2.05, 4.69) is 30.5 Å². The van der Waals surface area contributed by atoms with Gasteiger partial charge in [0.05, 0.1) is 18.8 Å². The highest BCUT2D eigenvalue weighted by Crippen LogP contribution is 2.34. The second kappa shape index (κ2) is 7.23. The zero-order valence-electron chi connectivity index (χ0n) is 16.5. The summed E-state index contributed by atoms with van der Waals surface area (Å²) in [4.78, 5) is 23.3. The van der Waals surface area contributed by atoms with Crippen LogP contribution < -0.4 is 4.90 Å². The molecule has 1 aromatic carbocycles. The van der Waals surface area contributed by atoms with E-state index in [1.807, 2.05) is 0 Å². The third kappa shape index (κ3) is 3.27. The van der Waals surface area contributed by atoms with Crippen molar-refractivity contribution in [3.63, 3.8) is 0 Å². The van der Waals surface area contributed by atoms with Gasteiger partial charge in [-0.2, -0.15) is 9.90 Å². The summed E-state index contributed by atoms with van der Waals surface area (Å²) in [6, 6.07) is 7.59. The van der Waals surface area contributed by atoms with Crippen LogP contribution in [0.1, 0.15) is 13.2 Å². The molecule has 1 saturated heterocycles. The molecule has 1 aliphatic heterocycles. The molecule has 2 atom stereocenters. The first-order valence-electron chi connectivity index (χ1n) is 9.35. The van der Waals surface area contributed by atoms with E-state index in [4.69, 9.17) is 4.74 Å². The van der Waals surface area contributed by atoms with Gasteiger partial charge in [0.15, 0.2) is 0 Å². The Morgan fingerprint density at radius 2 is 2.06 bits per heavy atom. The number of benzene rings is 1. The molecule has 0 spiro atoms. The SMILES string of the molecule is C[C@@H]1C(n2cncn2)OC(=O)N1c1ccc(-c2ccc(-c3nnn(C)n3)nc2)c(F)c1. The summed E-state index contributed by atoms with van der Waals surface area (Å²) in [5.41, 5.74) is 1.84. The van der Waals surface area contributed by atoms with Gasteiger partial charge < -0.3 is 4.74 Å². The maximum atomic E-state index is 15.0. The summed E-state index contributed by atoms with van der Waals surface area (Å²) in [5, 5.41) is 15.8. The van der Waals surface area contributed by atoms with Crippen molar-refractivity contribution in [1.29, 1.82) is 0 Å². The minimum Gasteiger partial charge on any atom is -0.421 e. The lowest BCUT2D eigenvalue weighted by atomic mass is 10.1. The van der Waals surface area contributed by atoms with Gasteiger partial charge in [-0.15, -0.1) is 10.2 Å². The molecule has 156 valence electrons. The summed E-state index contributed by atoms with van der Waals surface area (Å²) in [5.74, 6) is -0.109. The zero-order valence-corrected chi connectivity index (χ0v) is 16.5. The number of carbonyl (C=O) groups is 1. The fourth-order valence-corrected chi connectivity index (χ4v) is 3.48. The highest BCUT2D eigenvalue weighted by Gasteiger charge is 2.41. The van der Waals surface area contributed by atoms with Gasteiger partial charge in [0.25, 0.3) is 0 Å². The van der Waals surface area contributed by atoms with E-state index in [0.717, 1.165) is 0 Å². The number of carbonyl (C=O) groups excluding carboxylic acids is 1. The lowest BCUT2D eigenvalue weighted by Crippen LogP contribution is -2.33. The van der Waals surface area contributed by atoms with Gasteiger partial charge in [0.1, 0.15) is 24.2 Å². The number of nitrogens with zero attached hydrogens (tertiary/aromatic N) is 9. The number of ether oxygens (including phenoxy) is 1. The van der Waals surface area contributed by atoms with E-state index in [-0.39, 0.29) is 0 Å². The van der Waals surface area contributed by atoms with Crippen molar-refractivity contribution in [2.24, 2.45) is 7.05 Å². The van der Waals surface area contributed by atoms with Gasteiger partial charge in [-0.1, -0.05) is 6.07 Å². The van der Waals surface area contributed by atoms with E-state index in [9.17, 15) is 9.18 Å². The van der Waals surface area contributed by atoms with Crippen LogP contribution in [0.4, 0.5) is 14.9 Å². The molecule has 1 amide bonds. The molecule has 3 aromatic heterocycles. The predicted molar refractivity (Wildman–Crippen MR) is 105 cm³/mol. The van der Waals surface area contributed by atoms with E-state index < -0.39 is 24.2 Å². The molecule has 4 aromatic rings. The van der Waals surface area contributed by atoms with Gasteiger partial charge in [-0.3, -0.25) is 9.88 Å². The smallest absolute Gasteiger partial charge is 0.416 e. The van der Waals surface area contributed by atoms with E-state index in [0.29, 0.717) is 28.3 Å². The lowest BCUT2D eigenvalue weighted by molar-refractivity contribution is 0.0795. The second-order valence-corrected chi connectivity index (χ2v) is 6.96. The molecule has 1 unspecified atom stereocenters. The van der Waals surface area contributed by atoms with Crippen LogP contribution >= 0.6 is 0 Å². The summed E-state index contributed by atoms with van der Waals surface area (Å²) in [7, 11) is 1.66. The first-order chi connectivity index (χ1) is 15.0. The Hall–Kier alpha value is -4.22. The number of amides is 1. The van der Waals surface area contributed by atoms with Crippen LogP contribution in [0.2, 0.25) is 0 Å². The first kappa shape index (κ1) is 18.8. The Balaban J connectivity index is 1.41. The minimum atomic E-state index is -0.649. The van der Waals surface area contributed by atoms with Crippen LogP contribution in [0, 0.1) is 5.82 Å². The standard InChI is InChI=1S/C19H16FN9O2/c1-11-18(28-10-21-9-23-28)31-19(30)29(11)13-4-5-14(15(20)7-13)12-3-6-16(22-8-12)17-24-26-27(2)25-17/h3-11,18H,1-2H3/t11-,18?/m1/s1. The third-order valence-corrected chi connectivity index (χ3v) is 4.98. The van der Waals surface area contributed by atoms with Crippen molar-refractivity contribution in [2.45, 2.75) is 19.2 Å². The molecule has 0 aliphatic carbocycles. The molecule has 1 fully saturated rings. The van der Waals surface area contributed by atoms with E-state index in [1.165, 1.54) is 39.3 Å². The Bertz CT molecular complexity index is 1240. The fourth-order valence-electron chi connectivity index (χ4n) is 3.48. The summed E-state index contributed by atoms with van der Waals surface area (Å²) in [6.45, 7) is 1.80. The Morgan fingerprint density at radius 3 is 2.71 bits per heavy atom. The highest BCUT2D eigenvalue weighted by atomic mass is 19.1. The average Bonchev–Trinajstić information content (AvgIpc) is 3.49. The van der Waals surface area contributed by atoms with Gasteiger partial charge >= 0.3 is 6.09 Å². The van der Waals surface area contributed by atoms with Crippen molar-refractivity contribution < 1.29 is 13.9 Å².